The van der Waals surface area contributed by atoms with Crippen molar-refractivity contribution >= 4 is 11.6 Å². The Kier molecular flexibility index (Phi) is 3.89. The number of hydrogen-bond acceptors (Lipinski definition) is 3. The predicted octanol–water partition coefficient (Wildman–Crippen LogP) is 2.38. The molecule has 0 spiro atoms. The summed E-state index contributed by atoms with van der Waals surface area (Å²) >= 11 is 6.14. The number of phenolic OH excluding ortho intramolecular Hbond substituents is 1. The van der Waals surface area contributed by atoms with E-state index in [9.17, 15) is 5.11 Å². The molecule has 1 heterocycles. The molecule has 0 radical (unpaired) electrons. The van der Waals surface area contributed by atoms with Crippen molar-refractivity contribution < 1.29 is 5.11 Å². The van der Waals surface area contributed by atoms with E-state index in [1.54, 1.807) is 16.8 Å². The Labute approximate surface area is 111 Å². The van der Waals surface area contributed by atoms with Gasteiger partial charge in [-0.3, -0.25) is 4.68 Å². The van der Waals surface area contributed by atoms with E-state index in [2.05, 4.69) is 10.4 Å². The number of rotatable bonds is 4. The Balaban J connectivity index is 1.99. The minimum Gasteiger partial charge on any atom is -0.508 e. The molecule has 0 aliphatic heterocycles. The van der Waals surface area contributed by atoms with Crippen LogP contribution in [0.2, 0.25) is 5.15 Å². The van der Waals surface area contributed by atoms with Crippen LogP contribution in [0.15, 0.2) is 24.3 Å². The number of aryl methyl sites for hydroxylation is 2. The largest absolute Gasteiger partial charge is 0.508 e. The van der Waals surface area contributed by atoms with Crippen LogP contribution in [0.4, 0.5) is 0 Å². The number of phenols is 1. The Bertz CT molecular complexity index is 551. The molecule has 0 atom stereocenters. The second-order valence-corrected chi connectivity index (χ2v) is 4.57. The highest BCUT2D eigenvalue weighted by molar-refractivity contribution is 6.30. The molecule has 0 bridgehead atoms. The van der Waals surface area contributed by atoms with Gasteiger partial charge in [0.25, 0.3) is 0 Å². The zero-order chi connectivity index (χ0) is 13.1. The molecule has 0 saturated heterocycles. The molecule has 4 nitrogen and oxygen atoms in total. The van der Waals surface area contributed by atoms with Crippen molar-refractivity contribution in [3.63, 3.8) is 0 Å². The summed E-state index contributed by atoms with van der Waals surface area (Å²) in [6, 6.07) is 7.28. The first kappa shape index (κ1) is 12.9. The third-order valence-electron chi connectivity index (χ3n) is 2.88. The third kappa shape index (κ3) is 2.66. The molecule has 0 unspecified atom stereocenters. The first-order chi connectivity index (χ1) is 8.59. The van der Waals surface area contributed by atoms with Crippen molar-refractivity contribution in [1.82, 2.24) is 15.1 Å². The molecular formula is C13H16ClN3O. The molecule has 0 aliphatic carbocycles. The van der Waals surface area contributed by atoms with Gasteiger partial charge in [0.15, 0.2) is 0 Å². The van der Waals surface area contributed by atoms with Crippen LogP contribution in [-0.2, 0) is 20.1 Å². The van der Waals surface area contributed by atoms with Gasteiger partial charge in [-0.1, -0.05) is 29.8 Å². The molecular weight excluding hydrogens is 250 g/mol. The predicted molar refractivity (Wildman–Crippen MR) is 71.6 cm³/mol. The van der Waals surface area contributed by atoms with E-state index in [1.807, 2.05) is 26.1 Å². The van der Waals surface area contributed by atoms with E-state index in [1.165, 1.54) is 0 Å². The standard InChI is InChI=1S/C13H16ClN3O/c1-9-11(13(14)17(2)16-9)8-15-7-10-5-3-4-6-12(10)18/h3-6,15,18H,7-8H2,1-2H3. The number of aromatic nitrogens is 2. The fraction of sp³-hybridized carbons (Fsp3) is 0.308. The number of halogens is 1. The quantitative estimate of drug-likeness (QED) is 0.892. The van der Waals surface area contributed by atoms with Crippen molar-refractivity contribution in [2.45, 2.75) is 20.0 Å². The van der Waals surface area contributed by atoms with E-state index in [4.69, 9.17) is 11.6 Å². The average Bonchev–Trinajstić information content (AvgIpc) is 2.58. The number of nitrogens with zero attached hydrogens (tertiary/aromatic N) is 2. The maximum atomic E-state index is 9.64. The zero-order valence-electron chi connectivity index (χ0n) is 10.4. The highest BCUT2D eigenvalue weighted by Crippen LogP contribution is 2.19. The fourth-order valence-electron chi connectivity index (χ4n) is 1.86. The maximum absolute atomic E-state index is 9.64. The smallest absolute Gasteiger partial charge is 0.131 e. The van der Waals surface area contributed by atoms with Gasteiger partial charge in [0.1, 0.15) is 10.9 Å². The van der Waals surface area contributed by atoms with Gasteiger partial charge in [0.05, 0.1) is 5.69 Å². The average molecular weight is 266 g/mol. The second kappa shape index (κ2) is 5.42. The number of aromatic hydroxyl groups is 1. The van der Waals surface area contributed by atoms with Crippen LogP contribution in [0.25, 0.3) is 0 Å². The number of benzene rings is 1. The molecule has 5 heteroatoms. The lowest BCUT2D eigenvalue weighted by Crippen LogP contribution is -2.13. The Morgan fingerprint density at radius 3 is 2.67 bits per heavy atom. The van der Waals surface area contributed by atoms with Gasteiger partial charge < -0.3 is 10.4 Å². The van der Waals surface area contributed by atoms with Crippen LogP contribution < -0.4 is 5.32 Å². The minimum atomic E-state index is 0.305. The summed E-state index contributed by atoms with van der Waals surface area (Å²) in [5, 5.41) is 17.8. The SMILES string of the molecule is Cc1nn(C)c(Cl)c1CNCc1ccccc1O. The van der Waals surface area contributed by atoms with E-state index < -0.39 is 0 Å². The van der Waals surface area contributed by atoms with Gasteiger partial charge in [-0.2, -0.15) is 5.10 Å². The summed E-state index contributed by atoms with van der Waals surface area (Å²) < 4.78 is 1.66. The van der Waals surface area contributed by atoms with Gasteiger partial charge in [0.2, 0.25) is 0 Å². The number of nitrogens with one attached hydrogen (secondary N) is 1. The van der Waals surface area contributed by atoms with Crippen molar-refractivity contribution in [2.24, 2.45) is 7.05 Å². The summed E-state index contributed by atoms with van der Waals surface area (Å²) in [6.45, 7) is 3.16. The highest BCUT2D eigenvalue weighted by atomic mass is 35.5. The zero-order valence-corrected chi connectivity index (χ0v) is 11.2. The first-order valence-corrected chi connectivity index (χ1v) is 6.13. The molecule has 1 aromatic carbocycles. The van der Waals surface area contributed by atoms with Crippen LogP contribution in [0.5, 0.6) is 5.75 Å². The number of para-hydroxylation sites is 1. The van der Waals surface area contributed by atoms with E-state index in [0.29, 0.717) is 24.0 Å². The normalized spacial score (nSPS) is 10.8. The summed E-state index contributed by atoms with van der Waals surface area (Å²) in [7, 11) is 1.82. The van der Waals surface area contributed by atoms with Gasteiger partial charge in [-0.15, -0.1) is 0 Å². The van der Waals surface area contributed by atoms with Crippen molar-refractivity contribution in [3.05, 3.63) is 46.2 Å². The van der Waals surface area contributed by atoms with Crippen molar-refractivity contribution in [1.29, 1.82) is 0 Å². The Morgan fingerprint density at radius 2 is 2.06 bits per heavy atom. The summed E-state index contributed by atoms with van der Waals surface area (Å²) in [5.74, 6) is 0.305. The van der Waals surface area contributed by atoms with Crippen molar-refractivity contribution in [3.8, 4) is 5.75 Å². The molecule has 2 rings (SSSR count). The molecule has 0 fully saturated rings. The van der Waals surface area contributed by atoms with Crippen molar-refractivity contribution in [2.75, 3.05) is 0 Å². The monoisotopic (exact) mass is 265 g/mol. The molecule has 0 aliphatic rings. The Morgan fingerprint density at radius 1 is 1.33 bits per heavy atom. The maximum Gasteiger partial charge on any atom is 0.131 e. The van der Waals surface area contributed by atoms with Crippen LogP contribution >= 0.6 is 11.6 Å². The summed E-state index contributed by atoms with van der Waals surface area (Å²) in [4.78, 5) is 0. The Hall–Kier alpha value is -1.52. The second-order valence-electron chi connectivity index (χ2n) is 4.21. The number of hydrogen-bond donors (Lipinski definition) is 2. The molecule has 0 saturated carbocycles. The summed E-state index contributed by atoms with van der Waals surface area (Å²) in [5.41, 5.74) is 2.79. The molecule has 96 valence electrons. The van der Waals surface area contributed by atoms with Gasteiger partial charge in [0, 0.05) is 31.3 Å². The lowest BCUT2D eigenvalue weighted by atomic mass is 10.2. The van der Waals surface area contributed by atoms with E-state index in [-0.39, 0.29) is 0 Å². The molecule has 18 heavy (non-hydrogen) atoms. The summed E-state index contributed by atoms with van der Waals surface area (Å²) in [6.07, 6.45) is 0. The topological polar surface area (TPSA) is 50.1 Å². The molecule has 2 N–H and O–H groups in total. The van der Waals surface area contributed by atoms with Crippen LogP contribution in [0.3, 0.4) is 0 Å². The van der Waals surface area contributed by atoms with Crippen LogP contribution in [0, 0.1) is 6.92 Å². The third-order valence-corrected chi connectivity index (χ3v) is 3.35. The van der Waals surface area contributed by atoms with Gasteiger partial charge >= 0.3 is 0 Å². The molecule has 2 aromatic rings. The highest BCUT2D eigenvalue weighted by Gasteiger charge is 2.10. The van der Waals surface area contributed by atoms with E-state index >= 15 is 0 Å². The lowest BCUT2D eigenvalue weighted by molar-refractivity contribution is 0.464. The molecule has 1 aromatic heterocycles. The molecule has 0 amide bonds. The van der Waals surface area contributed by atoms with Gasteiger partial charge in [-0.25, -0.2) is 0 Å². The lowest BCUT2D eigenvalue weighted by Gasteiger charge is -2.06. The van der Waals surface area contributed by atoms with Crippen LogP contribution in [0.1, 0.15) is 16.8 Å². The van der Waals surface area contributed by atoms with Gasteiger partial charge in [-0.05, 0) is 13.0 Å². The fourth-order valence-corrected chi connectivity index (χ4v) is 2.10. The van der Waals surface area contributed by atoms with E-state index in [0.717, 1.165) is 16.8 Å². The van der Waals surface area contributed by atoms with Crippen LogP contribution in [-0.4, -0.2) is 14.9 Å². The first-order valence-electron chi connectivity index (χ1n) is 5.75. The minimum absolute atomic E-state index is 0.305.